The normalized spacial score (nSPS) is 23.8. The summed E-state index contributed by atoms with van der Waals surface area (Å²) in [6, 6.07) is 31.9. The summed E-state index contributed by atoms with van der Waals surface area (Å²) in [6.07, 6.45) is -1.85. The first kappa shape index (κ1) is 19.7. The Labute approximate surface area is 169 Å². The van der Waals surface area contributed by atoms with E-state index in [1.807, 2.05) is 18.2 Å². The number of rotatable bonds is 5. The van der Waals surface area contributed by atoms with Crippen LogP contribution in [0.3, 0.4) is 0 Å². The van der Waals surface area contributed by atoms with Gasteiger partial charge in [0, 0.05) is 0 Å². The molecule has 0 bridgehead atoms. The SMILES string of the molecule is OC1CCC(O)C1CP(P)(c1ccccc1)(c1ccccc1)c1ccccc1. The minimum atomic E-state index is -2.99. The molecule has 2 nitrogen and oxygen atoms in total. The van der Waals surface area contributed by atoms with Gasteiger partial charge in [0.1, 0.15) is 0 Å². The number of aliphatic hydroxyl groups is 2. The van der Waals surface area contributed by atoms with Crippen LogP contribution in [0, 0.1) is 5.92 Å². The van der Waals surface area contributed by atoms with Crippen molar-refractivity contribution in [1.82, 2.24) is 0 Å². The first-order chi connectivity index (χ1) is 13.5. The van der Waals surface area contributed by atoms with Crippen molar-refractivity contribution in [3.63, 3.8) is 0 Å². The van der Waals surface area contributed by atoms with Crippen LogP contribution in [-0.4, -0.2) is 28.6 Å². The van der Waals surface area contributed by atoms with E-state index in [1.165, 1.54) is 15.9 Å². The van der Waals surface area contributed by atoms with Gasteiger partial charge < -0.3 is 0 Å². The van der Waals surface area contributed by atoms with Crippen LogP contribution in [-0.2, 0) is 0 Å². The third-order valence-corrected chi connectivity index (χ3v) is 15.3. The Bertz CT molecular complexity index is 806. The van der Waals surface area contributed by atoms with E-state index < -0.39 is 18.5 Å². The molecule has 0 heterocycles. The van der Waals surface area contributed by atoms with Gasteiger partial charge in [-0.3, -0.25) is 0 Å². The summed E-state index contributed by atoms with van der Waals surface area (Å²) >= 11 is 0. The molecule has 4 rings (SSSR count). The molecule has 1 aliphatic rings. The van der Waals surface area contributed by atoms with Crippen molar-refractivity contribution in [2.24, 2.45) is 5.92 Å². The molecule has 3 aromatic rings. The standard InChI is InChI=1S/C24H28O2P2/c25-23-16-17-24(26)22(23)18-28(27,19-10-4-1-5-11-19,20-12-6-2-7-13-20)21-14-8-3-9-15-21/h1-15,22-26H,16-18,27H2. The van der Waals surface area contributed by atoms with Crippen LogP contribution in [0.15, 0.2) is 91.0 Å². The van der Waals surface area contributed by atoms with Crippen molar-refractivity contribution < 1.29 is 10.2 Å². The Morgan fingerprint density at radius 1 is 0.643 bits per heavy atom. The predicted molar refractivity (Wildman–Crippen MR) is 124 cm³/mol. The molecule has 0 aromatic heterocycles. The van der Waals surface area contributed by atoms with E-state index in [4.69, 9.17) is 0 Å². The molecule has 3 atom stereocenters. The van der Waals surface area contributed by atoms with Gasteiger partial charge in [-0.05, 0) is 0 Å². The van der Waals surface area contributed by atoms with E-state index in [0.29, 0.717) is 12.8 Å². The Kier molecular flexibility index (Phi) is 5.43. The fraction of sp³-hybridized carbons (Fsp3) is 0.250. The van der Waals surface area contributed by atoms with Gasteiger partial charge in [0.2, 0.25) is 0 Å². The second-order valence-corrected chi connectivity index (χ2v) is 16.0. The van der Waals surface area contributed by atoms with Gasteiger partial charge in [0.15, 0.2) is 0 Å². The molecule has 2 N–H and O–H groups in total. The number of benzene rings is 3. The van der Waals surface area contributed by atoms with E-state index in [0.717, 1.165) is 6.16 Å². The predicted octanol–water partition coefficient (Wildman–Crippen LogP) is 3.44. The summed E-state index contributed by atoms with van der Waals surface area (Å²) in [5.41, 5.74) is 0. The molecule has 1 fully saturated rings. The average Bonchev–Trinajstić information content (AvgIpc) is 3.07. The molecule has 0 spiro atoms. The van der Waals surface area contributed by atoms with Gasteiger partial charge >= 0.3 is 169 Å². The van der Waals surface area contributed by atoms with Gasteiger partial charge in [-0.25, -0.2) is 0 Å². The van der Waals surface area contributed by atoms with Crippen LogP contribution in [0.5, 0.6) is 0 Å². The van der Waals surface area contributed by atoms with Crippen LogP contribution in [0.4, 0.5) is 0 Å². The number of aliphatic hydroxyl groups excluding tert-OH is 2. The third kappa shape index (κ3) is 3.14. The zero-order valence-corrected chi connectivity index (χ0v) is 18.0. The van der Waals surface area contributed by atoms with Crippen molar-refractivity contribution in [3.8, 4) is 0 Å². The van der Waals surface area contributed by atoms with E-state index in [2.05, 4.69) is 81.7 Å². The van der Waals surface area contributed by atoms with Crippen LogP contribution in [0.2, 0.25) is 0 Å². The van der Waals surface area contributed by atoms with E-state index in [1.54, 1.807) is 0 Å². The molecule has 1 aliphatic carbocycles. The monoisotopic (exact) mass is 410 g/mol. The first-order valence-electron chi connectivity index (χ1n) is 9.89. The summed E-state index contributed by atoms with van der Waals surface area (Å²) < 4.78 is 0. The quantitative estimate of drug-likeness (QED) is 0.633. The van der Waals surface area contributed by atoms with Crippen molar-refractivity contribution >= 4 is 31.1 Å². The zero-order chi connectivity index (χ0) is 19.6. The maximum absolute atomic E-state index is 10.7. The molecular weight excluding hydrogens is 382 g/mol. The van der Waals surface area contributed by atoms with Crippen LogP contribution < -0.4 is 15.9 Å². The van der Waals surface area contributed by atoms with Crippen molar-refractivity contribution in [2.75, 3.05) is 6.16 Å². The summed E-state index contributed by atoms with van der Waals surface area (Å²) in [5.74, 6) is -0.143. The van der Waals surface area contributed by atoms with E-state index in [9.17, 15) is 10.2 Å². The third-order valence-electron chi connectivity index (χ3n) is 6.37. The first-order valence-corrected chi connectivity index (χ1v) is 13.9. The maximum atomic E-state index is 10.7. The Hall–Kier alpha value is -1.56. The van der Waals surface area contributed by atoms with Gasteiger partial charge in [0.05, 0.1) is 0 Å². The summed E-state index contributed by atoms with van der Waals surface area (Å²) in [7, 11) is 3.29. The minimum absolute atomic E-state index is 0.143. The van der Waals surface area contributed by atoms with Crippen LogP contribution >= 0.6 is 15.2 Å². The van der Waals surface area contributed by atoms with Crippen molar-refractivity contribution in [3.05, 3.63) is 91.0 Å². The molecule has 3 unspecified atom stereocenters. The topological polar surface area (TPSA) is 40.5 Å². The number of hydrogen-bond donors (Lipinski definition) is 2. The van der Waals surface area contributed by atoms with Crippen LogP contribution in [0.25, 0.3) is 0 Å². The second kappa shape index (κ2) is 7.69. The molecule has 0 aliphatic heterocycles. The molecular formula is C24H28O2P2. The molecule has 4 heteroatoms. The molecule has 146 valence electrons. The molecule has 28 heavy (non-hydrogen) atoms. The molecule has 0 saturated heterocycles. The average molecular weight is 410 g/mol. The van der Waals surface area contributed by atoms with Crippen molar-refractivity contribution in [2.45, 2.75) is 25.0 Å². The molecule has 0 amide bonds. The van der Waals surface area contributed by atoms with Crippen molar-refractivity contribution in [1.29, 1.82) is 0 Å². The Morgan fingerprint density at radius 3 is 1.29 bits per heavy atom. The van der Waals surface area contributed by atoms with Gasteiger partial charge in [-0.2, -0.15) is 0 Å². The fourth-order valence-corrected chi connectivity index (χ4v) is 12.5. The summed E-state index contributed by atoms with van der Waals surface area (Å²) in [4.78, 5) is 0. The van der Waals surface area contributed by atoms with Gasteiger partial charge in [-0.15, -0.1) is 0 Å². The van der Waals surface area contributed by atoms with Gasteiger partial charge in [-0.1, -0.05) is 0 Å². The Morgan fingerprint density at radius 2 is 0.964 bits per heavy atom. The van der Waals surface area contributed by atoms with Gasteiger partial charge in [0.25, 0.3) is 0 Å². The second-order valence-electron chi connectivity index (χ2n) is 7.94. The fourth-order valence-electron chi connectivity index (χ4n) is 4.78. The number of hydrogen-bond acceptors (Lipinski definition) is 2. The molecule has 1 saturated carbocycles. The Balaban J connectivity index is 2.04. The van der Waals surface area contributed by atoms with Crippen LogP contribution in [0.1, 0.15) is 12.8 Å². The van der Waals surface area contributed by atoms with E-state index >= 15 is 0 Å². The van der Waals surface area contributed by atoms with E-state index in [-0.39, 0.29) is 5.92 Å². The summed E-state index contributed by atoms with van der Waals surface area (Å²) in [5, 5.41) is 25.3. The zero-order valence-electron chi connectivity index (χ0n) is 15.9. The molecule has 3 aromatic carbocycles. The molecule has 0 radical (unpaired) electrons. The summed E-state index contributed by atoms with van der Waals surface area (Å²) in [6.45, 7) is 0.